The topological polar surface area (TPSA) is 78.9 Å². The van der Waals surface area contributed by atoms with Gasteiger partial charge >= 0.3 is 17.9 Å². The molecule has 0 heterocycles. The predicted molar refractivity (Wildman–Crippen MR) is 206 cm³/mol. The molecule has 6 nitrogen and oxygen atoms in total. The number of esters is 3. The number of unbranched alkanes of at least 4 members (excludes halogenated alkanes) is 22. The summed E-state index contributed by atoms with van der Waals surface area (Å²) in [5.41, 5.74) is 0. The van der Waals surface area contributed by atoms with Crippen LogP contribution >= 0.6 is 0 Å². The van der Waals surface area contributed by atoms with Crippen LogP contribution in [0.1, 0.15) is 213 Å². The minimum Gasteiger partial charge on any atom is -0.462 e. The van der Waals surface area contributed by atoms with Crippen molar-refractivity contribution in [3.63, 3.8) is 0 Å². The smallest absolute Gasteiger partial charge is 0.306 e. The van der Waals surface area contributed by atoms with Gasteiger partial charge in [0.1, 0.15) is 13.2 Å². The summed E-state index contributed by atoms with van der Waals surface area (Å²) < 4.78 is 16.6. The highest BCUT2D eigenvalue weighted by Crippen LogP contribution is 2.14. The lowest BCUT2D eigenvalue weighted by Crippen LogP contribution is -2.30. The van der Waals surface area contributed by atoms with Gasteiger partial charge in [0.15, 0.2) is 6.10 Å². The molecule has 0 aliphatic heterocycles. The maximum atomic E-state index is 12.6. The van der Waals surface area contributed by atoms with Crippen LogP contribution in [-0.2, 0) is 28.6 Å². The average Bonchev–Trinajstić information content (AvgIpc) is 3.10. The highest BCUT2D eigenvalue weighted by Gasteiger charge is 2.19. The first-order valence-corrected chi connectivity index (χ1v) is 20.8. The van der Waals surface area contributed by atoms with Gasteiger partial charge in [0.25, 0.3) is 0 Å². The molecule has 0 aromatic carbocycles. The average molecular weight is 691 g/mol. The zero-order valence-corrected chi connectivity index (χ0v) is 32.5. The van der Waals surface area contributed by atoms with Gasteiger partial charge < -0.3 is 14.2 Å². The van der Waals surface area contributed by atoms with Gasteiger partial charge in [0.2, 0.25) is 0 Å². The molecular weight excluding hydrogens is 612 g/mol. The Labute approximate surface area is 303 Å². The van der Waals surface area contributed by atoms with Gasteiger partial charge in [0, 0.05) is 19.3 Å². The van der Waals surface area contributed by atoms with E-state index in [1.54, 1.807) is 0 Å². The van der Waals surface area contributed by atoms with E-state index in [9.17, 15) is 14.4 Å². The molecule has 0 N–H and O–H groups in total. The van der Waals surface area contributed by atoms with Crippen molar-refractivity contribution in [1.82, 2.24) is 0 Å². The van der Waals surface area contributed by atoms with E-state index in [1.165, 1.54) is 89.9 Å². The fourth-order valence-electron chi connectivity index (χ4n) is 5.77. The van der Waals surface area contributed by atoms with Crippen LogP contribution in [0.25, 0.3) is 0 Å². The van der Waals surface area contributed by atoms with Crippen molar-refractivity contribution in [3.05, 3.63) is 24.3 Å². The molecule has 0 saturated carbocycles. The summed E-state index contributed by atoms with van der Waals surface area (Å²) in [4.78, 5) is 37.4. The van der Waals surface area contributed by atoms with Crippen molar-refractivity contribution < 1.29 is 28.6 Å². The van der Waals surface area contributed by atoms with E-state index < -0.39 is 6.10 Å². The standard InChI is InChI=1S/C43H78O6/c1-4-7-10-13-16-18-20-22-24-25-27-30-33-36-42(45)48-39-40(38-47-41(44)35-32-29-15-12-9-6-3)49-43(46)37-34-31-28-26-23-21-19-17-14-11-8-5-2/h10,13,18,20,40H,4-9,11-12,14-17,19,21-39H2,1-3H3/b13-10-,20-18-. The monoisotopic (exact) mass is 691 g/mol. The number of hydrogen-bond acceptors (Lipinski definition) is 6. The van der Waals surface area contributed by atoms with E-state index in [4.69, 9.17) is 14.2 Å². The van der Waals surface area contributed by atoms with E-state index >= 15 is 0 Å². The Kier molecular flexibility index (Phi) is 37.0. The molecule has 0 radical (unpaired) electrons. The summed E-state index contributed by atoms with van der Waals surface area (Å²) in [7, 11) is 0. The third-order valence-electron chi connectivity index (χ3n) is 8.94. The largest absolute Gasteiger partial charge is 0.462 e. The molecule has 0 bridgehead atoms. The van der Waals surface area contributed by atoms with Crippen molar-refractivity contribution in [3.8, 4) is 0 Å². The van der Waals surface area contributed by atoms with Crippen molar-refractivity contribution in [1.29, 1.82) is 0 Å². The van der Waals surface area contributed by atoms with E-state index in [0.717, 1.165) is 83.5 Å². The van der Waals surface area contributed by atoms with E-state index in [1.807, 2.05) is 0 Å². The van der Waals surface area contributed by atoms with Gasteiger partial charge in [-0.1, -0.05) is 173 Å². The molecule has 0 aliphatic carbocycles. The first-order valence-electron chi connectivity index (χ1n) is 20.8. The second-order valence-corrected chi connectivity index (χ2v) is 13.9. The Morgan fingerprint density at radius 1 is 0.408 bits per heavy atom. The summed E-state index contributed by atoms with van der Waals surface area (Å²) in [5, 5.41) is 0. The lowest BCUT2D eigenvalue weighted by molar-refractivity contribution is -0.167. The lowest BCUT2D eigenvalue weighted by Gasteiger charge is -2.18. The van der Waals surface area contributed by atoms with E-state index in [0.29, 0.717) is 19.3 Å². The SMILES string of the molecule is CCC/C=C\C/C=C\CCCCCCCC(=O)OCC(COC(=O)CCCCCCCC)OC(=O)CCCCCCCCCCCCCC. The summed E-state index contributed by atoms with van der Waals surface area (Å²) in [5.74, 6) is -0.898. The van der Waals surface area contributed by atoms with Crippen LogP contribution in [0.15, 0.2) is 24.3 Å². The summed E-state index contributed by atoms with van der Waals surface area (Å²) >= 11 is 0. The van der Waals surface area contributed by atoms with Crippen molar-refractivity contribution in [2.75, 3.05) is 13.2 Å². The normalized spacial score (nSPS) is 12.1. The lowest BCUT2D eigenvalue weighted by atomic mass is 10.0. The van der Waals surface area contributed by atoms with Crippen molar-refractivity contribution >= 4 is 17.9 Å². The summed E-state index contributed by atoms with van der Waals surface area (Å²) in [6, 6.07) is 0. The number of ether oxygens (including phenoxy) is 3. The third kappa shape index (κ3) is 37.0. The van der Waals surface area contributed by atoms with E-state index in [2.05, 4.69) is 45.1 Å². The molecule has 0 aromatic heterocycles. The van der Waals surface area contributed by atoms with Crippen LogP contribution in [0.5, 0.6) is 0 Å². The Morgan fingerprint density at radius 2 is 0.776 bits per heavy atom. The van der Waals surface area contributed by atoms with Crippen LogP contribution in [-0.4, -0.2) is 37.2 Å². The van der Waals surface area contributed by atoms with Gasteiger partial charge in [-0.3, -0.25) is 14.4 Å². The van der Waals surface area contributed by atoms with Crippen LogP contribution in [0, 0.1) is 0 Å². The fraction of sp³-hybridized carbons (Fsp3) is 0.837. The maximum absolute atomic E-state index is 12.6. The molecular formula is C43H78O6. The third-order valence-corrected chi connectivity index (χ3v) is 8.94. The molecule has 0 spiro atoms. The molecule has 0 rings (SSSR count). The van der Waals surface area contributed by atoms with Gasteiger partial charge in [-0.2, -0.15) is 0 Å². The molecule has 0 aliphatic rings. The first-order chi connectivity index (χ1) is 24.0. The fourth-order valence-corrected chi connectivity index (χ4v) is 5.77. The molecule has 6 heteroatoms. The molecule has 1 unspecified atom stereocenters. The molecule has 0 fully saturated rings. The molecule has 0 amide bonds. The minimum atomic E-state index is -0.766. The highest BCUT2D eigenvalue weighted by molar-refractivity contribution is 5.71. The van der Waals surface area contributed by atoms with Gasteiger partial charge in [-0.15, -0.1) is 0 Å². The minimum absolute atomic E-state index is 0.0738. The Hall–Kier alpha value is -2.11. The van der Waals surface area contributed by atoms with Crippen LogP contribution < -0.4 is 0 Å². The van der Waals surface area contributed by atoms with Crippen molar-refractivity contribution in [2.24, 2.45) is 0 Å². The van der Waals surface area contributed by atoms with Crippen LogP contribution in [0.3, 0.4) is 0 Å². The zero-order chi connectivity index (χ0) is 35.9. The molecule has 1 atom stereocenters. The van der Waals surface area contributed by atoms with Gasteiger partial charge in [0.05, 0.1) is 0 Å². The number of carbonyl (C=O) groups is 3. The second kappa shape index (κ2) is 38.7. The van der Waals surface area contributed by atoms with Crippen molar-refractivity contribution in [2.45, 2.75) is 219 Å². The zero-order valence-electron chi connectivity index (χ0n) is 32.5. The van der Waals surface area contributed by atoms with Crippen LogP contribution in [0.2, 0.25) is 0 Å². The number of carbonyl (C=O) groups excluding carboxylic acids is 3. The predicted octanol–water partition coefficient (Wildman–Crippen LogP) is 12.9. The molecule has 0 aromatic rings. The first kappa shape index (κ1) is 46.9. The van der Waals surface area contributed by atoms with E-state index in [-0.39, 0.29) is 31.1 Å². The molecule has 49 heavy (non-hydrogen) atoms. The number of hydrogen-bond donors (Lipinski definition) is 0. The Morgan fingerprint density at radius 3 is 1.20 bits per heavy atom. The highest BCUT2D eigenvalue weighted by atomic mass is 16.6. The number of allylic oxidation sites excluding steroid dienone is 4. The quantitative estimate of drug-likeness (QED) is 0.0279. The Bertz CT molecular complexity index is 804. The van der Waals surface area contributed by atoms with Gasteiger partial charge in [-0.05, 0) is 44.9 Å². The van der Waals surface area contributed by atoms with Crippen LogP contribution in [0.4, 0.5) is 0 Å². The molecule has 286 valence electrons. The Balaban J connectivity index is 4.31. The summed E-state index contributed by atoms with van der Waals surface area (Å²) in [6.45, 7) is 6.48. The summed E-state index contributed by atoms with van der Waals surface area (Å²) in [6.07, 6.45) is 40.3. The number of rotatable bonds is 37. The van der Waals surface area contributed by atoms with Gasteiger partial charge in [-0.25, -0.2) is 0 Å². The molecule has 0 saturated heterocycles. The second-order valence-electron chi connectivity index (χ2n) is 13.9. The maximum Gasteiger partial charge on any atom is 0.306 e.